The van der Waals surface area contributed by atoms with E-state index in [0.29, 0.717) is 25.3 Å². The third kappa shape index (κ3) is 3.77. The molecule has 0 spiro atoms. The fourth-order valence-corrected chi connectivity index (χ4v) is 2.62. The van der Waals surface area contributed by atoms with E-state index in [9.17, 15) is 4.79 Å². The second-order valence-corrected chi connectivity index (χ2v) is 5.15. The predicted molar refractivity (Wildman–Crippen MR) is 67.0 cm³/mol. The molecule has 1 aliphatic carbocycles. The molecule has 0 saturated heterocycles. The SMILES string of the molecule is O=C(CCc1ccco1)NCC1CCCC1Cl. The average molecular weight is 256 g/mol. The molecule has 3 nitrogen and oxygen atoms in total. The zero-order valence-electron chi connectivity index (χ0n) is 9.82. The van der Waals surface area contributed by atoms with Crippen LogP contribution < -0.4 is 5.32 Å². The number of hydrogen-bond acceptors (Lipinski definition) is 2. The van der Waals surface area contributed by atoms with Crippen molar-refractivity contribution in [1.82, 2.24) is 5.32 Å². The number of amides is 1. The molecule has 1 heterocycles. The summed E-state index contributed by atoms with van der Waals surface area (Å²) in [6, 6.07) is 3.73. The van der Waals surface area contributed by atoms with E-state index in [2.05, 4.69) is 5.32 Å². The Balaban J connectivity index is 1.64. The van der Waals surface area contributed by atoms with Gasteiger partial charge in [-0.3, -0.25) is 4.79 Å². The second kappa shape index (κ2) is 6.10. The Morgan fingerprint density at radius 1 is 1.53 bits per heavy atom. The molecule has 0 bridgehead atoms. The average Bonchev–Trinajstić information content (AvgIpc) is 2.95. The molecule has 1 fully saturated rings. The quantitative estimate of drug-likeness (QED) is 0.822. The lowest BCUT2D eigenvalue weighted by Gasteiger charge is -2.14. The monoisotopic (exact) mass is 255 g/mol. The van der Waals surface area contributed by atoms with Crippen molar-refractivity contribution in [2.45, 2.75) is 37.5 Å². The third-order valence-electron chi connectivity index (χ3n) is 3.31. The molecule has 0 aromatic carbocycles. The van der Waals surface area contributed by atoms with Crippen LogP contribution in [-0.4, -0.2) is 17.8 Å². The Morgan fingerprint density at radius 2 is 2.41 bits per heavy atom. The van der Waals surface area contributed by atoms with E-state index in [1.807, 2.05) is 12.1 Å². The van der Waals surface area contributed by atoms with Gasteiger partial charge < -0.3 is 9.73 Å². The van der Waals surface area contributed by atoms with E-state index >= 15 is 0 Å². The van der Waals surface area contributed by atoms with Gasteiger partial charge in [-0.05, 0) is 30.9 Å². The molecule has 1 amide bonds. The van der Waals surface area contributed by atoms with Crippen molar-refractivity contribution in [3.63, 3.8) is 0 Å². The van der Waals surface area contributed by atoms with Crippen molar-refractivity contribution in [2.75, 3.05) is 6.54 Å². The van der Waals surface area contributed by atoms with Crippen LogP contribution in [0.2, 0.25) is 0 Å². The molecule has 1 N–H and O–H groups in total. The number of carbonyl (C=O) groups excluding carboxylic acids is 1. The van der Waals surface area contributed by atoms with E-state index in [0.717, 1.165) is 18.6 Å². The van der Waals surface area contributed by atoms with Gasteiger partial charge in [0, 0.05) is 24.8 Å². The molecule has 0 aliphatic heterocycles. The minimum absolute atomic E-state index is 0.0807. The summed E-state index contributed by atoms with van der Waals surface area (Å²) in [6.45, 7) is 0.713. The van der Waals surface area contributed by atoms with Crippen molar-refractivity contribution in [3.05, 3.63) is 24.2 Å². The summed E-state index contributed by atoms with van der Waals surface area (Å²) in [5.74, 6) is 1.39. The summed E-state index contributed by atoms with van der Waals surface area (Å²) in [4.78, 5) is 11.6. The number of hydrogen-bond donors (Lipinski definition) is 1. The number of rotatable bonds is 5. The van der Waals surface area contributed by atoms with Crippen LogP contribution in [0.15, 0.2) is 22.8 Å². The Hall–Kier alpha value is -0.960. The highest BCUT2D eigenvalue weighted by Crippen LogP contribution is 2.29. The molecule has 2 rings (SSSR count). The summed E-state index contributed by atoms with van der Waals surface area (Å²) in [6.07, 6.45) is 6.16. The van der Waals surface area contributed by atoms with Crippen LogP contribution in [-0.2, 0) is 11.2 Å². The number of aryl methyl sites for hydroxylation is 1. The maximum Gasteiger partial charge on any atom is 0.220 e. The first-order valence-electron chi connectivity index (χ1n) is 6.19. The van der Waals surface area contributed by atoms with Crippen molar-refractivity contribution in [2.24, 2.45) is 5.92 Å². The Labute approximate surface area is 107 Å². The molecular weight excluding hydrogens is 238 g/mol. The molecular formula is C13H18ClNO2. The number of furan rings is 1. The lowest BCUT2D eigenvalue weighted by molar-refractivity contribution is -0.121. The van der Waals surface area contributed by atoms with Crippen LogP contribution in [0, 0.1) is 5.92 Å². The number of carbonyl (C=O) groups is 1. The van der Waals surface area contributed by atoms with Gasteiger partial charge in [-0.2, -0.15) is 0 Å². The van der Waals surface area contributed by atoms with Crippen molar-refractivity contribution >= 4 is 17.5 Å². The molecule has 0 radical (unpaired) electrons. The normalized spacial score (nSPS) is 23.8. The van der Waals surface area contributed by atoms with Gasteiger partial charge in [0.2, 0.25) is 5.91 Å². The number of halogens is 1. The van der Waals surface area contributed by atoms with Gasteiger partial charge in [0.05, 0.1) is 6.26 Å². The van der Waals surface area contributed by atoms with E-state index in [4.69, 9.17) is 16.0 Å². The van der Waals surface area contributed by atoms with Crippen LogP contribution in [0.3, 0.4) is 0 Å². The molecule has 1 saturated carbocycles. The molecule has 1 aromatic rings. The summed E-state index contributed by atoms with van der Waals surface area (Å²) >= 11 is 6.15. The zero-order valence-corrected chi connectivity index (χ0v) is 10.6. The highest BCUT2D eigenvalue weighted by atomic mass is 35.5. The first kappa shape index (κ1) is 12.5. The fourth-order valence-electron chi connectivity index (χ4n) is 2.25. The minimum atomic E-state index is 0.0807. The smallest absolute Gasteiger partial charge is 0.220 e. The Kier molecular flexibility index (Phi) is 4.49. The Bertz CT molecular complexity index is 350. The van der Waals surface area contributed by atoms with Gasteiger partial charge in [0.1, 0.15) is 5.76 Å². The van der Waals surface area contributed by atoms with Gasteiger partial charge >= 0.3 is 0 Å². The lowest BCUT2D eigenvalue weighted by Crippen LogP contribution is -2.31. The van der Waals surface area contributed by atoms with Crippen molar-refractivity contribution in [3.8, 4) is 0 Å². The van der Waals surface area contributed by atoms with Crippen LogP contribution in [0.25, 0.3) is 0 Å². The predicted octanol–water partition coefficient (Wildman–Crippen LogP) is 2.74. The lowest BCUT2D eigenvalue weighted by atomic mass is 10.1. The molecule has 94 valence electrons. The fraction of sp³-hybridized carbons (Fsp3) is 0.615. The van der Waals surface area contributed by atoms with Crippen LogP contribution in [0.4, 0.5) is 0 Å². The molecule has 1 aliphatic rings. The standard InChI is InChI=1S/C13H18ClNO2/c14-12-5-1-3-10(12)9-15-13(16)7-6-11-4-2-8-17-11/h2,4,8,10,12H,1,3,5-7,9H2,(H,15,16). The minimum Gasteiger partial charge on any atom is -0.469 e. The molecule has 17 heavy (non-hydrogen) atoms. The second-order valence-electron chi connectivity index (χ2n) is 4.59. The van der Waals surface area contributed by atoms with Gasteiger partial charge in [-0.1, -0.05) is 6.42 Å². The molecule has 1 aromatic heterocycles. The first-order chi connectivity index (χ1) is 8.25. The Morgan fingerprint density at radius 3 is 3.06 bits per heavy atom. The maximum absolute atomic E-state index is 11.6. The van der Waals surface area contributed by atoms with Crippen molar-refractivity contribution < 1.29 is 9.21 Å². The third-order valence-corrected chi connectivity index (χ3v) is 3.88. The van der Waals surface area contributed by atoms with Crippen LogP contribution in [0.5, 0.6) is 0 Å². The van der Waals surface area contributed by atoms with E-state index in [1.165, 1.54) is 6.42 Å². The van der Waals surface area contributed by atoms with E-state index in [-0.39, 0.29) is 11.3 Å². The summed E-state index contributed by atoms with van der Waals surface area (Å²) in [5, 5.41) is 3.19. The maximum atomic E-state index is 11.6. The van der Waals surface area contributed by atoms with E-state index < -0.39 is 0 Å². The summed E-state index contributed by atoms with van der Waals surface area (Å²) < 4.78 is 5.18. The highest BCUT2D eigenvalue weighted by Gasteiger charge is 2.25. The topological polar surface area (TPSA) is 42.2 Å². The van der Waals surface area contributed by atoms with Gasteiger partial charge in [-0.15, -0.1) is 11.6 Å². The zero-order chi connectivity index (χ0) is 12.1. The number of nitrogens with one attached hydrogen (secondary N) is 1. The summed E-state index contributed by atoms with van der Waals surface area (Å²) in [7, 11) is 0. The molecule has 4 heteroatoms. The first-order valence-corrected chi connectivity index (χ1v) is 6.62. The highest BCUT2D eigenvalue weighted by molar-refractivity contribution is 6.20. The van der Waals surface area contributed by atoms with Crippen LogP contribution in [0.1, 0.15) is 31.4 Å². The van der Waals surface area contributed by atoms with Gasteiger partial charge in [-0.25, -0.2) is 0 Å². The molecule has 2 unspecified atom stereocenters. The molecule has 2 atom stereocenters. The van der Waals surface area contributed by atoms with Gasteiger partial charge in [0.15, 0.2) is 0 Å². The summed E-state index contributed by atoms with van der Waals surface area (Å²) in [5.41, 5.74) is 0. The van der Waals surface area contributed by atoms with E-state index in [1.54, 1.807) is 6.26 Å². The van der Waals surface area contributed by atoms with Crippen molar-refractivity contribution in [1.29, 1.82) is 0 Å². The number of alkyl halides is 1. The van der Waals surface area contributed by atoms with Crippen LogP contribution >= 0.6 is 11.6 Å². The van der Waals surface area contributed by atoms with Gasteiger partial charge in [0.25, 0.3) is 0 Å². The largest absolute Gasteiger partial charge is 0.469 e.